The average Bonchev–Trinajstić information content (AvgIpc) is 2.44. The van der Waals surface area contributed by atoms with Crippen molar-refractivity contribution < 1.29 is 9.90 Å². The van der Waals surface area contributed by atoms with Gasteiger partial charge in [-0.3, -0.25) is 4.79 Å². The van der Waals surface area contributed by atoms with Crippen molar-refractivity contribution in [3.05, 3.63) is 47.5 Å². The number of nitrogens with zero attached hydrogens (tertiary/aromatic N) is 1. The number of hydrogen-bond donors (Lipinski definition) is 1. The number of aliphatic hydroxyl groups is 1. The van der Waals surface area contributed by atoms with E-state index in [-0.39, 0.29) is 12.5 Å². The molecule has 1 aromatic rings. The highest BCUT2D eigenvalue weighted by molar-refractivity contribution is 5.97. The normalized spacial score (nSPS) is 13.5. The minimum atomic E-state index is -0.0258. The minimum absolute atomic E-state index is 0.0258. The summed E-state index contributed by atoms with van der Waals surface area (Å²) in [6, 6.07) is 5.59. The predicted molar refractivity (Wildman–Crippen MR) is 73.5 cm³/mol. The van der Waals surface area contributed by atoms with E-state index in [9.17, 15) is 4.79 Å². The van der Waals surface area contributed by atoms with Gasteiger partial charge in [-0.25, -0.2) is 0 Å². The zero-order valence-electron chi connectivity index (χ0n) is 11.1. The van der Waals surface area contributed by atoms with Gasteiger partial charge in [0.1, 0.15) is 0 Å². The van der Waals surface area contributed by atoms with Crippen molar-refractivity contribution in [2.24, 2.45) is 0 Å². The molecule has 0 fully saturated rings. The van der Waals surface area contributed by atoms with Crippen LogP contribution in [0.3, 0.4) is 0 Å². The largest absolute Gasteiger partial charge is 0.392 e. The van der Waals surface area contributed by atoms with Crippen LogP contribution < -0.4 is 0 Å². The van der Waals surface area contributed by atoms with Crippen molar-refractivity contribution in [3.8, 4) is 0 Å². The Morgan fingerprint density at radius 2 is 2.17 bits per heavy atom. The first-order chi connectivity index (χ1) is 8.76. The van der Waals surface area contributed by atoms with Crippen LogP contribution in [0.15, 0.2) is 30.9 Å². The number of aliphatic hydroxyl groups excluding tert-OH is 1. The molecule has 0 radical (unpaired) electrons. The Labute approximate surface area is 109 Å². The van der Waals surface area contributed by atoms with E-state index < -0.39 is 0 Å². The van der Waals surface area contributed by atoms with Gasteiger partial charge in [0, 0.05) is 18.7 Å². The molecule has 0 spiro atoms. The van der Waals surface area contributed by atoms with Crippen LogP contribution in [0, 0.1) is 0 Å². The lowest BCUT2D eigenvalue weighted by atomic mass is 9.97. The van der Waals surface area contributed by atoms with Gasteiger partial charge in [0.15, 0.2) is 0 Å². The molecule has 3 nitrogen and oxygen atoms in total. The first kappa shape index (κ1) is 14.5. The Kier molecular flexibility index (Phi) is 5.59. The third kappa shape index (κ3) is 2.99. The summed E-state index contributed by atoms with van der Waals surface area (Å²) in [5.41, 5.74) is 2.58. The molecule has 0 bridgehead atoms. The molecule has 1 N–H and O–H groups in total. The second kappa shape index (κ2) is 6.97. The van der Waals surface area contributed by atoms with Crippen LogP contribution in [-0.2, 0) is 13.0 Å². The van der Waals surface area contributed by atoms with Crippen molar-refractivity contribution in [2.75, 3.05) is 13.1 Å². The Morgan fingerprint density at radius 1 is 1.44 bits per heavy atom. The van der Waals surface area contributed by atoms with Crippen molar-refractivity contribution in [1.29, 1.82) is 0 Å². The van der Waals surface area contributed by atoms with Crippen molar-refractivity contribution in [2.45, 2.75) is 26.9 Å². The van der Waals surface area contributed by atoms with Crippen LogP contribution in [0.2, 0.25) is 0 Å². The molecule has 0 atom stereocenters. The number of amides is 1. The Bertz CT molecular complexity index is 427. The van der Waals surface area contributed by atoms with Crippen LogP contribution in [0.5, 0.6) is 0 Å². The van der Waals surface area contributed by atoms with Crippen molar-refractivity contribution in [1.82, 2.24) is 4.90 Å². The first-order valence-electron chi connectivity index (χ1n) is 6.39. The number of fused-ring (bicyclic) bond motifs is 1. The quantitative estimate of drug-likeness (QED) is 0.833. The van der Waals surface area contributed by atoms with E-state index in [0.717, 1.165) is 29.7 Å². The van der Waals surface area contributed by atoms with E-state index >= 15 is 0 Å². The van der Waals surface area contributed by atoms with E-state index in [0.29, 0.717) is 6.54 Å². The summed E-state index contributed by atoms with van der Waals surface area (Å²) in [6.07, 6.45) is 2.61. The molecule has 0 saturated carbocycles. The van der Waals surface area contributed by atoms with Crippen molar-refractivity contribution >= 4 is 5.91 Å². The van der Waals surface area contributed by atoms with Gasteiger partial charge < -0.3 is 10.0 Å². The van der Waals surface area contributed by atoms with E-state index in [1.54, 1.807) is 17.0 Å². The van der Waals surface area contributed by atoms with Crippen LogP contribution >= 0.6 is 0 Å². The van der Waals surface area contributed by atoms with E-state index in [1.165, 1.54) is 0 Å². The maximum Gasteiger partial charge on any atom is 0.254 e. The van der Waals surface area contributed by atoms with Gasteiger partial charge in [-0.05, 0) is 23.6 Å². The Balaban J connectivity index is 0.000000771. The van der Waals surface area contributed by atoms with Gasteiger partial charge >= 0.3 is 0 Å². The predicted octanol–water partition coefficient (Wildman–Crippen LogP) is 2.39. The first-order valence-corrected chi connectivity index (χ1v) is 6.39. The molecule has 0 aliphatic carbocycles. The fourth-order valence-corrected chi connectivity index (χ4v) is 2.00. The average molecular weight is 247 g/mol. The zero-order valence-corrected chi connectivity index (χ0v) is 11.1. The van der Waals surface area contributed by atoms with Crippen LogP contribution in [-0.4, -0.2) is 29.0 Å². The third-order valence-electron chi connectivity index (χ3n) is 2.88. The summed E-state index contributed by atoms with van der Waals surface area (Å²) in [6.45, 7) is 8.95. The lowest BCUT2D eigenvalue weighted by Gasteiger charge is -2.27. The molecule has 2 rings (SSSR count). The fraction of sp³-hybridized carbons (Fsp3) is 0.400. The fourth-order valence-electron chi connectivity index (χ4n) is 2.00. The SMILES string of the molecule is C=CCN1CCc2ccc(CO)cc2C1=O.CC. The van der Waals surface area contributed by atoms with Gasteiger partial charge in [-0.1, -0.05) is 32.1 Å². The minimum Gasteiger partial charge on any atom is -0.392 e. The van der Waals surface area contributed by atoms with Crippen molar-refractivity contribution in [3.63, 3.8) is 0 Å². The molecule has 0 saturated heterocycles. The van der Waals surface area contributed by atoms with E-state index in [4.69, 9.17) is 5.11 Å². The summed E-state index contributed by atoms with van der Waals surface area (Å²) in [5.74, 6) is 0.0384. The number of hydrogen-bond acceptors (Lipinski definition) is 2. The molecule has 1 amide bonds. The molecule has 1 aliphatic rings. The molecule has 1 heterocycles. The molecule has 1 aromatic carbocycles. The van der Waals surface area contributed by atoms with Crippen LogP contribution in [0.1, 0.15) is 35.3 Å². The third-order valence-corrected chi connectivity index (χ3v) is 2.88. The number of carbonyl (C=O) groups is 1. The summed E-state index contributed by atoms with van der Waals surface area (Å²) >= 11 is 0. The molecular weight excluding hydrogens is 226 g/mol. The second-order valence-corrected chi connectivity index (χ2v) is 3.94. The molecule has 3 heteroatoms. The monoisotopic (exact) mass is 247 g/mol. The molecular formula is C15H21NO2. The summed E-state index contributed by atoms with van der Waals surface area (Å²) in [4.78, 5) is 13.8. The molecule has 98 valence electrons. The molecule has 1 aliphatic heterocycles. The second-order valence-electron chi connectivity index (χ2n) is 3.94. The van der Waals surface area contributed by atoms with Gasteiger partial charge in [0.2, 0.25) is 0 Å². The van der Waals surface area contributed by atoms with Gasteiger partial charge in [0.25, 0.3) is 5.91 Å². The molecule has 0 unspecified atom stereocenters. The smallest absolute Gasteiger partial charge is 0.254 e. The maximum atomic E-state index is 12.1. The lowest BCUT2D eigenvalue weighted by Crippen LogP contribution is -2.37. The van der Waals surface area contributed by atoms with E-state index in [2.05, 4.69) is 6.58 Å². The zero-order chi connectivity index (χ0) is 13.5. The van der Waals surface area contributed by atoms with E-state index in [1.807, 2.05) is 26.0 Å². The summed E-state index contributed by atoms with van der Waals surface area (Å²) < 4.78 is 0. The van der Waals surface area contributed by atoms with Crippen LogP contribution in [0.4, 0.5) is 0 Å². The Hall–Kier alpha value is -1.61. The Morgan fingerprint density at radius 3 is 2.78 bits per heavy atom. The molecule has 0 aromatic heterocycles. The summed E-state index contributed by atoms with van der Waals surface area (Å²) in [5, 5.41) is 9.05. The van der Waals surface area contributed by atoms with Gasteiger partial charge in [-0.2, -0.15) is 0 Å². The summed E-state index contributed by atoms with van der Waals surface area (Å²) in [7, 11) is 0. The highest BCUT2D eigenvalue weighted by atomic mass is 16.3. The number of rotatable bonds is 3. The van der Waals surface area contributed by atoms with Gasteiger partial charge in [-0.15, -0.1) is 6.58 Å². The number of carbonyl (C=O) groups excluding carboxylic acids is 1. The molecule has 18 heavy (non-hydrogen) atoms. The lowest BCUT2D eigenvalue weighted by molar-refractivity contribution is 0.0758. The van der Waals surface area contributed by atoms with Gasteiger partial charge in [0.05, 0.1) is 6.61 Å². The standard InChI is InChI=1S/C13H15NO2.C2H6/c1-2-6-14-7-5-11-4-3-10(9-15)8-12(11)13(14)16;1-2/h2-4,8,15H,1,5-7,9H2;1-2H3. The topological polar surface area (TPSA) is 40.5 Å². The maximum absolute atomic E-state index is 12.1. The highest BCUT2D eigenvalue weighted by Gasteiger charge is 2.23. The number of benzene rings is 1. The highest BCUT2D eigenvalue weighted by Crippen LogP contribution is 2.20. The van der Waals surface area contributed by atoms with Crippen LogP contribution in [0.25, 0.3) is 0 Å².